The lowest BCUT2D eigenvalue weighted by molar-refractivity contribution is 0.628. The lowest BCUT2D eigenvalue weighted by Gasteiger charge is -2.00. The van der Waals surface area contributed by atoms with Gasteiger partial charge in [0, 0.05) is 11.8 Å². The summed E-state index contributed by atoms with van der Waals surface area (Å²) in [6.07, 6.45) is 1.86. The summed E-state index contributed by atoms with van der Waals surface area (Å²) in [5, 5.41) is 9.40. The van der Waals surface area contributed by atoms with Gasteiger partial charge in [0.1, 0.15) is 17.6 Å². The number of hydrogen-bond donors (Lipinski definition) is 0. The van der Waals surface area contributed by atoms with Gasteiger partial charge in [-0.3, -0.25) is 4.40 Å². The minimum atomic E-state index is -0.312. The number of aromatic nitrogens is 2. The van der Waals surface area contributed by atoms with Crippen molar-refractivity contribution in [2.75, 3.05) is 0 Å². The minimum absolute atomic E-state index is 0.312. The molecule has 0 unspecified atom stereocenters. The van der Waals surface area contributed by atoms with Crippen LogP contribution in [-0.4, -0.2) is 9.38 Å². The highest BCUT2D eigenvalue weighted by molar-refractivity contribution is 9.10. The molecule has 0 aliphatic carbocycles. The Morgan fingerprint density at radius 2 is 2.00 bits per heavy atom. The van der Waals surface area contributed by atoms with Gasteiger partial charge in [-0.15, -0.1) is 0 Å². The Bertz CT molecular complexity index is 844. The number of benzene rings is 1. The summed E-state index contributed by atoms with van der Waals surface area (Å²) in [6.45, 7) is 1.95. The summed E-state index contributed by atoms with van der Waals surface area (Å²) < 4.78 is 15.6. The molecule has 3 rings (SSSR count). The minimum Gasteiger partial charge on any atom is -0.290 e. The monoisotopic (exact) mass is 329 g/mol. The van der Waals surface area contributed by atoms with Crippen LogP contribution in [0.2, 0.25) is 0 Å². The van der Waals surface area contributed by atoms with Crippen LogP contribution in [0.5, 0.6) is 0 Å². The molecule has 5 heteroatoms. The standard InChI is InChI=1S/C15H9BrFN3/c1-9-6-12(16)15-19-14(13(7-18)20(15)8-9)10-2-4-11(17)5-3-10/h2-6,8H,1H3. The summed E-state index contributed by atoms with van der Waals surface area (Å²) in [5.41, 5.74) is 3.40. The van der Waals surface area contributed by atoms with Crippen LogP contribution in [-0.2, 0) is 0 Å². The van der Waals surface area contributed by atoms with E-state index in [2.05, 4.69) is 27.0 Å². The molecular formula is C15H9BrFN3. The van der Waals surface area contributed by atoms with E-state index in [9.17, 15) is 9.65 Å². The van der Waals surface area contributed by atoms with Crippen LogP contribution >= 0.6 is 15.9 Å². The first kappa shape index (κ1) is 12.8. The fourth-order valence-electron chi connectivity index (χ4n) is 2.15. The van der Waals surface area contributed by atoms with E-state index in [1.807, 2.05) is 19.2 Å². The van der Waals surface area contributed by atoms with Gasteiger partial charge in [-0.2, -0.15) is 5.26 Å². The zero-order valence-corrected chi connectivity index (χ0v) is 12.1. The van der Waals surface area contributed by atoms with Crippen LogP contribution < -0.4 is 0 Å². The molecule has 0 aliphatic rings. The second-order valence-electron chi connectivity index (χ2n) is 4.49. The summed E-state index contributed by atoms with van der Waals surface area (Å²) in [5.74, 6) is -0.312. The van der Waals surface area contributed by atoms with E-state index < -0.39 is 0 Å². The number of halogens is 2. The van der Waals surface area contributed by atoms with Gasteiger partial charge < -0.3 is 0 Å². The van der Waals surface area contributed by atoms with Gasteiger partial charge in [-0.1, -0.05) is 0 Å². The molecule has 0 N–H and O–H groups in total. The van der Waals surface area contributed by atoms with E-state index in [0.717, 1.165) is 15.6 Å². The van der Waals surface area contributed by atoms with Gasteiger partial charge in [0.15, 0.2) is 11.3 Å². The third kappa shape index (κ3) is 1.98. The van der Waals surface area contributed by atoms with Crippen molar-refractivity contribution in [2.24, 2.45) is 0 Å². The zero-order chi connectivity index (χ0) is 14.3. The molecule has 98 valence electrons. The van der Waals surface area contributed by atoms with Crippen molar-refractivity contribution in [3.05, 3.63) is 58.1 Å². The van der Waals surface area contributed by atoms with Crippen LogP contribution in [0.25, 0.3) is 16.9 Å². The molecule has 0 radical (unpaired) electrons. The molecule has 0 fully saturated rings. The van der Waals surface area contributed by atoms with Crippen LogP contribution in [0.15, 0.2) is 41.0 Å². The molecule has 2 heterocycles. The predicted molar refractivity (Wildman–Crippen MR) is 77.7 cm³/mol. The topological polar surface area (TPSA) is 41.1 Å². The quantitative estimate of drug-likeness (QED) is 0.674. The highest BCUT2D eigenvalue weighted by atomic mass is 79.9. The molecule has 20 heavy (non-hydrogen) atoms. The Kier molecular flexibility index (Phi) is 3.03. The average Bonchev–Trinajstić information content (AvgIpc) is 2.78. The molecule has 0 spiro atoms. The van der Waals surface area contributed by atoms with E-state index >= 15 is 0 Å². The average molecular weight is 330 g/mol. The first-order chi connectivity index (χ1) is 9.60. The highest BCUT2D eigenvalue weighted by Crippen LogP contribution is 2.28. The first-order valence-corrected chi connectivity index (χ1v) is 6.73. The molecule has 3 nitrogen and oxygen atoms in total. The Labute approximate surface area is 123 Å². The SMILES string of the molecule is Cc1cc(Br)c2nc(-c3ccc(F)cc3)c(C#N)n2c1. The van der Waals surface area contributed by atoms with Gasteiger partial charge in [0.25, 0.3) is 0 Å². The maximum absolute atomic E-state index is 13.0. The van der Waals surface area contributed by atoms with Crippen molar-refractivity contribution in [1.82, 2.24) is 9.38 Å². The molecule has 1 aromatic carbocycles. The lowest BCUT2D eigenvalue weighted by Crippen LogP contribution is -1.91. The number of nitrogens with zero attached hydrogens (tertiary/aromatic N) is 3. The molecular weight excluding hydrogens is 321 g/mol. The molecule has 2 aromatic heterocycles. The molecule has 3 aromatic rings. The maximum atomic E-state index is 13.0. The van der Waals surface area contributed by atoms with Crippen molar-refractivity contribution in [3.63, 3.8) is 0 Å². The number of pyridine rings is 1. The number of fused-ring (bicyclic) bond motifs is 1. The summed E-state index contributed by atoms with van der Waals surface area (Å²) >= 11 is 3.46. The maximum Gasteiger partial charge on any atom is 0.152 e. The van der Waals surface area contributed by atoms with Gasteiger partial charge in [-0.05, 0) is 58.7 Å². The van der Waals surface area contributed by atoms with Gasteiger partial charge in [0.05, 0.1) is 4.47 Å². The number of aryl methyl sites for hydroxylation is 1. The van der Waals surface area contributed by atoms with E-state index in [-0.39, 0.29) is 5.82 Å². The van der Waals surface area contributed by atoms with Crippen LogP contribution in [0, 0.1) is 24.1 Å². The molecule has 0 atom stereocenters. The predicted octanol–water partition coefficient (Wildman–Crippen LogP) is 4.08. The Balaban J connectivity index is 2.34. The molecule has 0 bridgehead atoms. The number of rotatable bonds is 1. The van der Waals surface area contributed by atoms with Crippen molar-refractivity contribution in [2.45, 2.75) is 6.92 Å². The van der Waals surface area contributed by atoms with E-state index in [1.54, 1.807) is 16.5 Å². The second kappa shape index (κ2) is 4.73. The number of nitriles is 1. The molecule has 0 saturated heterocycles. The summed E-state index contributed by atoms with van der Waals surface area (Å²) in [6, 6.07) is 10.1. The van der Waals surface area contributed by atoms with E-state index in [0.29, 0.717) is 17.0 Å². The third-order valence-electron chi connectivity index (χ3n) is 3.04. The highest BCUT2D eigenvalue weighted by Gasteiger charge is 2.15. The fraction of sp³-hybridized carbons (Fsp3) is 0.0667. The number of hydrogen-bond acceptors (Lipinski definition) is 2. The van der Waals surface area contributed by atoms with Crippen molar-refractivity contribution in [1.29, 1.82) is 5.26 Å². The smallest absolute Gasteiger partial charge is 0.152 e. The molecule has 0 aliphatic heterocycles. The van der Waals surface area contributed by atoms with Gasteiger partial charge in [-0.25, -0.2) is 9.37 Å². The normalized spacial score (nSPS) is 10.7. The Morgan fingerprint density at radius 1 is 1.30 bits per heavy atom. The van der Waals surface area contributed by atoms with Crippen molar-refractivity contribution >= 4 is 21.6 Å². The largest absolute Gasteiger partial charge is 0.290 e. The zero-order valence-electron chi connectivity index (χ0n) is 10.6. The summed E-state index contributed by atoms with van der Waals surface area (Å²) in [4.78, 5) is 4.50. The molecule has 0 amide bonds. The van der Waals surface area contributed by atoms with E-state index in [4.69, 9.17) is 0 Å². The number of imidazole rings is 1. The first-order valence-electron chi connectivity index (χ1n) is 5.94. The van der Waals surface area contributed by atoms with Crippen LogP contribution in [0.3, 0.4) is 0 Å². The van der Waals surface area contributed by atoms with Crippen LogP contribution in [0.1, 0.15) is 11.3 Å². The van der Waals surface area contributed by atoms with Crippen molar-refractivity contribution in [3.8, 4) is 17.3 Å². The van der Waals surface area contributed by atoms with Crippen LogP contribution in [0.4, 0.5) is 4.39 Å². The fourth-order valence-corrected chi connectivity index (χ4v) is 2.79. The Hall–Kier alpha value is -2.19. The molecule has 0 saturated carbocycles. The van der Waals surface area contributed by atoms with E-state index in [1.165, 1.54) is 12.1 Å². The lowest BCUT2D eigenvalue weighted by atomic mass is 10.1. The second-order valence-corrected chi connectivity index (χ2v) is 5.34. The third-order valence-corrected chi connectivity index (χ3v) is 3.62. The van der Waals surface area contributed by atoms with Gasteiger partial charge >= 0.3 is 0 Å². The van der Waals surface area contributed by atoms with Gasteiger partial charge in [0.2, 0.25) is 0 Å². The Morgan fingerprint density at radius 3 is 2.65 bits per heavy atom. The van der Waals surface area contributed by atoms with Crippen molar-refractivity contribution < 1.29 is 4.39 Å². The summed E-state index contributed by atoms with van der Waals surface area (Å²) in [7, 11) is 0.